The quantitative estimate of drug-likeness (QED) is 0.751. The monoisotopic (exact) mass is 355 g/mol. The fourth-order valence-corrected chi connectivity index (χ4v) is 3.76. The standard InChI is InChI=1S/C16H19BrFNS/c1-2-9-19-13(11-14-7-8-16(17)20-14)10-12-5-3-4-6-15(12)18/h3-8,13,19H,2,9-11H2,1H3. The molecular formula is C16H19BrFNS. The molecule has 0 saturated heterocycles. The maximum atomic E-state index is 13.8. The molecule has 0 saturated carbocycles. The Labute approximate surface area is 132 Å². The Kier molecular flexibility index (Phi) is 6.20. The second kappa shape index (κ2) is 7.91. The Morgan fingerprint density at radius 3 is 2.65 bits per heavy atom. The van der Waals surface area contributed by atoms with E-state index >= 15 is 0 Å². The van der Waals surface area contributed by atoms with Gasteiger partial charge in [-0.2, -0.15) is 0 Å². The van der Waals surface area contributed by atoms with Gasteiger partial charge in [0.05, 0.1) is 3.79 Å². The van der Waals surface area contributed by atoms with Gasteiger partial charge in [0.15, 0.2) is 0 Å². The lowest BCUT2D eigenvalue weighted by Crippen LogP contribution is -2.33. The van der Waals surface area contributed by atoms with Gasteiger partial charge in [0, 0.05) is 10.9 Å². The molecular weight excluding hydrogens is 337 g/mol. The first-order chi connectivity index (χ1) is 9.69. The second-order valence-electron chi connectivity index (χ2n) is 4.86. The highest BCUT2D eigenvalue weighted by Gasteiger charge is 2.13. The molecule has 0 spiro atoms. The fourth-order valence-electron chi connectivity index (χ4n) is 2.20. The maximum absolute atomic E-state index is 13.8. The van der Waals surface area contributed by atoms with Gasteiger partial charge in [0.25, 0.3) is 0 Å². The van der Waals surface area contributed by atoms with E-state index in [1.807, 2.05) is 12.1 Å². The largest absolute Gasteiger partial charge is 0.313 e. The normalized spacial score (nSPS) is 12.6. The minimum atomic E-state index is -0.108. The van der Waals surface area contributed by atoms with Crippen molar-refractivity contribution in [2.24, 2.45) is 0 Å². The highest BCUT2D eigenvalue weighted by molar-refractivity contribution is 9.11. The van der Waals surface area contributed by atoms with Crippen molar-refractivity contribution in [2.75, 3.05) is 6.54 Å². The summed E-state index contributed by atoms with van der Waals surface area (Å²) < 4.78 is 14.9. The van der Waals surface area contributed by atoms with Crippen molar-refractivity contribution in [3.05, 3.63) is 56.4 Å². The van der Waals surface area contributed by atoms with Crippen LogP contribution in [0.3, 0.4) is 0 Å². The molecule has 0 radical (unpaired) electrons. The molecule has 0 aliphatic carbocycles. The fraction of sp³-hybridized carbons (Fsp3) is 0.375. The molecule has 0 fully saturated rings. The summed E-state index contributed by atoms with van der Waals surface area (Å²) in [5, 5.41) is 3.53. The van der Waals surface area contributed by atoms with Crippen molar-refractivity contribution in [3.8, 4) is 0 Å². The zero-order valence-corrected chi connectivity index (χ0v) is 13.9. The van der Waals surface area contributed by atoms with Crippen LogP contribution in [0.1, 0.15) is 23.8 Å². The van der Waals surface area contributed by atoms with Crippen LogP contribution in [0.4, 0.5) is 4.39 Å². The van der Waals surface area contributed by atoms with E-state index in [0.29, 0.717) is 0 Å². The summed E-state index contributed by atoms with van der Waals surface area (Å²) in [4.78, 5) is 1.32. The highest BCUT2D eigenvalue weighted by Crippen LogP contribution is 2.24. The van der Waals surface area contributed by atoms with Crippen LogP contribution in [0.2, 0.25) is 0 Å². The van der Waals surface area contributed by atoms with Crippen molar-refractivity contribution in [2.45, 2.75) is 32.2 Å². The average Bonchev–Trinajstić information content (AvgIpc) is 2.84. The lowest BCUT2D eigenvalue weighted by Gasteiger charge is -2.18. The highest BCUT2D eigenvalue weighted by atomic mass is 79.9. The Balaban J connectivity index is 2.05. The van der Waals surface area contributed by atoms with Gasteiger partial charge in [0.2, 0.25) is 0 Å². The number of hydrogen-bond donors (Lipinski definition) is 1. The number of halogens is 2. The van der Waals surface area contributed by atoms with Crippen molar-refractivity contribution in [3.63, 3.8) is 0 Å². The van der Waals surface area contributed by atoms with Gasteiger partial charge in [-0.05, 0) is 65.5 Å². The van der Waals surface area contributed by atoms with Crippen molar-refractivity contribution < 1.29 is 4.39 Å². The number of nitrogens with one attached hydrogen (secondary N) is 1. The Hall–Kier alpha value is -0.710. The Morgan fingerprint density at radius 1 is 1.20 bits per heavy atom. The van der Waals surface area contributed by atoms with Gasteiger partial charge in [-0.1, -0.05) is 25.1 Å². The Morgan fingerprint density at radius 2 is 2.00 bits per heavy atom. The topological polar surface area (TPSA) is 12.0 Å². The molecule has 0 amide bonds. The number of rotatable bonds is 7. The predicted molar refractivity (Wildman–Crippen MR) is 87.9 cm³/mol. The molecule has 1 heterocycles. The molecule has 4 heteroatoms. The van der Waals surface area contributed by atoms with E-state index in [2.05, 4.69) is 40.3 Å². The smallest absolute Gasteiger partial charge is 0.126 e. The van der Waals surface area contributed by atoms with Crippen LogP contribution >= 0.6 is 27.3 Å². The van der Waals surface area contributed by atoms with E-state index in [1.54, 1.807) is 17.4 Å². The van der Waals surface area contributed by atoms with Gasteiger partial charge in [-0.3, -0.25) is 0 Å². The molecule has 1 atom stereocenters. The van der Waals surface area contributed by atoms with Crippen molar-refractivity contribution in [1.82, 2.24) is 5.32 Å². The summed E-state index contributed by atoms with van der Waals surface area (Å²) in [7, 11) is 0. The zero-order valence-electron chi connectivity index (χ0n) is 11.5. The molecule has 1 N–H and O–H groups in total. The van der Waals surface area contributed by atoms with Crippen LogP contribution in [0.25, 0.3) is 0 Å². The van der Waals surface area contributed by atoms with Crippen LogP contribution in [0.5, 0.6) is 0 Å². The van der Waals surface area contributed by atoms with E-state index in [9.17, 15) is 4.39 Å². The molecule has 0 aliphatic heterocycles. The van der Waals surface area contributed by atoms with Gasteiger partial charge < -0.3 is 5.32 Å². The van der Waals surface area contributed by atoms with Crippen LogP contribution in [0.15, 0.2) is 40.2 Å². The molecule has 1 aromatic carbocycles. The SMILES string of the molecule is CCCNC(Cc1ccc(Br)s1)Cc1ccccc1F. The van der Waals surface area contributed by atoms with Crippen LogP contribution in [-0.2, 0) is 12.8 Å². The molecule has 2 rings (SSSR count). The molecule has 108 valence electrons. The molecule has 20 heavy (non-hydrogen) atoms. The third kappa shape index (κ3) is 4.69. The molecule has 0 bridgehead atoms. The van der Waals surface area contributed by atoms with Gasteiger partial charge in [0.1, 0.15) is 5.82 Å². The molecule has 1 nitrogen and oxygen atoms in total. The minimum Gasteiger partial charge on any atom is -0.313 e. The summed E-state index contributed by atoms with van der Waals surface area (Å²) in [6, 6.07) is 11.5. The third-order valence-electron chi connectivity index (χ3n) is 3.18. The Bertz CT molecular complexity index is 541. The predicted octanol–water partition coefficient (Wildman–Crippen LogP) is 4.80. The average molecular weight is 356 g/mol. The minimum absolute atomic E-state index is 0.108. The molecule has 2 aromatic rings. The van der Waals surface area contributed by atoms with Crippen LogP contribution < -0.4 is 5.32 Å². The van der Waals surface area contributed by atoms with Gasteiger partial charge in [-0.25, -0.2) is 4.39 Å². The zero-order chi connectivity index (χ0) is 14.4. The van der Waals surface area contributed by atoms with Gasteiger partial charge >= 0.3 is 0 Å². The van der Waals surface area contributed by atoms with E-state index < -0.39 is 0 Å². The van der Waals surface area contributed by atoms with Crippen LogP contribution in [-0.4, -0.2) is 12.6 Å². The molecule has 1 aromatic heterocycles. The first-order valence-corrected chi connectivity index (χ1v) is 8.51. The second-order valence-corrected chi connectivity index (χ2v) is 7.40. The lowest BCUT2D eigenvalue weighted by atomic mass is 10.0. The molecule has 1 unspecified atom stereocenters. The lowest BCUT2D eigenvalue weighted by molar-refractivity contribution is 0.494. The summed E-state index contributed by atoms with van der Waals surface area (Å²) in [6.45, 7) is 3.11. The summed E-state index contributed by atoms with van der Waals surface area (Å²) in [5.74, 6) is -0.108. The van der Waals surface area contributed by atoms with Crippen LogP contribution in [0, 0.1) is 5.82 Å². The number of thiophene rings is 1. The number of hydrogen-bond acceptors (Lipinski definition) is 2. The van der Waals surface area contributed by atoms with E-state index in [0.717, 1.165) is 35.2 Å². The first kappa shape index (κ1) is 15.7. The third-order valence-corrected chi connectivity index (χ3v) is 4.83. The summed E-state index contributed by atoms with van der Waals surface area (Å²) in [5.41, 5.74) is 0.789. The van der Waals surface area contributed by atoms with E-state index in [1.165, 1.54) is 10.9 Å². The summed E-state index contributed by atoms with van der Waals surface area (Å²) >= 11 is 5.24. The van der Waals surface area contributed by atoms with E-state index in [4.69, 9.17) is 0 Å². The van der Waals surface area contributed by atoms with E-state index in [-0.39, 0.29) is 11.9 Å². The first-order valence-electron chi connectivity index (χ1n) is 6.90. The van der Waals surface area contributed by atoms with Gasteiger partial charge in [-0.15, -0.1) is 11.3 Å². The molecule has 0 aliphatic rings. The maximum Gasteiger partial charge on any atom is 0.126 e. The van der Waals surface area contributed by atoms with Crippen molar-refractivity contribution >= 4 is 27.3 Å². The van der Waals surface area contributed by atoms with Crippen molar-refractivity contribution in [1.29, 1.82) is 0 Å². The summed E-state index contributed by atoms with van der Waals surface area (Å²) in [6.07, 6.45) is 2.74. The number of benzene rings is 1.